The van der Waals surface area contributed by atoms with Gasteiger partial charge in [-0.2, -0.15) is 0 Å². The lowest BCUT2D eigenvalue weighted by molar-refractivity contribution is -0.121. The zero-order valence-electron chi connectivity index (χ0n) is 10.2. The van der Waals surface area contributed by atoms with Crippen molar-refractivity contribution >= 4 is 38.9 Å². The van der Waals surface area contributed by atoms with Crippen molar-refractivity contribution in [2.45, 2.75) is 6.42 Å². The maximum atomic E-state index is 11.7. The van der Waals surface area contributed by atoms with Crippen molar-refractivity contribution < 1.29 is 4.79 Å². The zero-order chi connectivity index (χ0) is 13.7. The van der Waals surface area contributed by atoms with E-state index in [1.807, 2.05) is 41.8 Å². The lowest BCUT2D eigenvalue weighted by Crippen LogP contribution is -2.36. The van der Waals surface area contributed by atoms with Gasteiger partial charge in [0.05, 0.1) is 12.1 Å². The summed E-state index contributed by atoms with van der Waals surface area (Å²) in [5.41, 5.74) is 7.06. The third kappa shape index (κ3) is 4.22. The van der Waals surface area contributed by atoms with Gasteiger partial charge in [-0.25, -0.2) is 0 Å². The Hall–Kier alpha value is -1.59. The number of hydrazine groups is 1. The summed E-state index contributed by atoms with van der Waals surface area (Å²) in [4.78, 5) is 12.7. The normalized spacial score (nSPS) is 9.95. The number of amides is 1. The van der Waals surface area contributed by atoms with E-state index in [9.17, 15) is 4.79 Å². The van der Waals surface area contributed by atoms with Gasteiger partial charge in [0, 0.05) is 9.35 Å². The van der Waals surface area contributed by atoms with Gasteiger partial charge in [-0.05, 0) is 29.1 Å². The number of hydrogen-bond acceptors (Lipinski definition) is 3. The summed E-state index contributed by atoms with van der Waals surface area (Å²) < 4.78 is 1.01. The van der Waals surface area contributed by atoms with Crippen LogP contribution in [0.1, 0.15) is 10.4 Å². The highest BCUT2D eigenvalue weighted by Gasteiger charge is 2.04. The van der Waals surface area contributed by atoms with E-state index in [1.165, 1.54) is 0 Å². The Kier molecular flexibility index (Phi) is 4.76. The largest absolute Gasteiger partial charge is 0.299 e. The molecule has 0 radical (unpaired) electrons. The molecule has 0 bridgehead atoms. The fraction of sp³-hybridized carbons (Fsp3) is 0.0714. The molecule has 0 saturated carbocycles. The van der Waals surface area contributed by atoms with Crippen LogP contribution < -0.4 is 10.9 Å². The van der Waals surface area contributed by atoms with Crippen molar-refractivity contribution in [3.05, 3.63) is 63.3 Å². The molecule has 2 aromatic rings. The second kappa shape index (κ2) is 6.54. The average Bonchev–Trinajstić information content (AvgIpc) is 2.89. The third-order valence-electron chi connectivity index (χ3n) is 2.46. The number of rotatable bonds is 5. The third-order valence-corrected chi connectivity index (χ3v) is 3.87. The van der Waals surface area contributed by atoms with Gasteiger partial charge in [-0.1, -0.05) is 40.7 Å². The molecule has 1 heterocycles. The van der Waals surface area contributed by atoms with Gasteiger partial charge < -0.3 is 0 Å². The topological polar surface area (TPSA) is 41.1 Å². The van der Waals surface area contributed by atoms with Crippen molar-refractivity contribution in [1.82, 2.24) is 10.9 Å². The number of hydrogen-bond donors (Lipinski definition) is 2. The second-order valence-corrected chi connectivity index (χ2v) is 5.86. The predicted octanol–water partition coefficient (Wildman–Crippen LogP) is 3.34. The summed E-state index contributed by atoms with van der Waals surface area (Å²) in [5, 5.41) is 1.96. The molecule has 2 rings (SSSR count). The first-order valence-electron chi connectivity index (χ1n) is 5.67. The van der Waals surface area contributed by atoms with E-state index < -0.39 is 0 Å². The number of carbonyl (C=O) groups is 1. The molecule has 0 unspecified atom stereocenters. The van der Waals surface area contributed by atoms with E-state index in [0.717, 1.165) is 14.9 Å². The number of halogens is 1. The molecule has 0 saturated heterocycles. The Labute approximate surface area is 124 Å². The van der Waals surface area contributed by atoms with Crippen LogP contribution in [-0.2, 0) is 11.2 Å². The van der Waals surface area contributed by atoms with Crippen LogP contribution >= 0.6 is 27.3 Å². The van der Waals surface area contributed by atoms with Gasteiger partial charge >= 0.3 is 0 Å². The summed E-state index contributed by atoms with van der Waals surface area (Å²) >= 11 is 4.94. The molecule has 98 valence electrons. The maximum Gasteiger partial charge on any atom is 0.243 e. The van der Waals surface area contributed by atoms with Gasteiger partial charge in [0.2, 0.25) is 5.91 Å². The van der Waals surface area contributed by atoms with E-state index in [-0.39, 0.29) is 5.91 Å². The number of nitrogens with one attached hydrogen (secondary N) is 2. The molecular formula is C14H13BrN2OS. The van der Waals surface area contributed by atoms with E-state index in [1.54, 1.807) is 11.3 Å². The second-order valence-electron chi connectivity index (χ2n) is 3.91. The number of thiophene rings is 1. The monoisotopic (exact) mass is 336 g/mol. The van der Waals surface area contributed by atoms with Gasteiger partial charge in [-0.3, -0.25) is 15.6 Å². The minimum atomic E-state index is -0.0827. The Morgan fingerprint density at radius 3 is 2.58 bits per heavy atom. The molecule has 19 heavy (non-hydrogen) atoms. The van der Waals surface area contributed by atoms with E-state index >= 15 is 0 Å². The van der Waals surface area contributed by atoms with Crippen LogP contribution in [0.5, 0.6) is 0 Å². The van der Waals surface area contributed by atoms with Crippen LogP contribution in [0.15, 0.2) is 52.8 Å². The SMILES string of the molecule is C=C(NNC(=O)Cc1cccs1)c1ccc(Br)cc1. The average molecular weight is 337 g/mol. The Morgan fingerprint density at radius 2 is 1.95 bits per heavy atom. The minimum Gasteiger partial charge on any atom is -0.299 e. The molecular weight excluding hydrogens is 324 g/mol. The summed E-state index contributed by atoms with van der Waals surface area (Å²) in [6.07, 6.45) is 0.373. The van der Waals surface area contributed by atoms with Crippen molar-refractivity contribution in [3.63, 3.8) is 0 Å². The first-order valence-corrected chi connectivity index (χ1v) is 7.34. The number of benzene rings is 1. The van der Waals surface area contributed by atoms with Crippen molar-refractivity contribution in [1.29, 1.82) is 0 Å². The van der Waals surface area contributed by atoms with E-state index in [2.05, 4.69) is 33.4 Å². The van der Waals surface area contributed by atoms with Gasteiger partial charge in [0.1, 0.15) is 0 Å². The van der Waals surface area contributed by atoms with Crippen LogP contribution in [0.4, 0.5) is 0 Å². The van der Waals surface area contributed by atoms with Crippen molar-refractivity contribution in [3.8, 4) is 0 Å². The smallest absolute Gasteiger partial charge is 0.243 e. The van der Waals surface area contributed by atoms with Crippen molar-refractivity contribution in [2.75, 3.05) is 0 Å². The Morgan fingerprint density at radius 1 is 1.21 bits per heavy atom. The van der Waals surface area contributed by atoms with Crippen LogP contribution in [0.2, 0.25) is 0 Å². The summed E-state index contributed by atoms with van der Waals surface area (Å²) in [7, 11) is 0. The first kappa shape index (κ1) is 13.8. The predicted molar refractivity (Wildman–Crippen MR) is 82.5 cm³/mol. The lowest BCUT2D eigenvalue weighted by atomic mass is 10.2. The van der Waals surface area contributed by atoms with Gasteiger partial charge in [0.15, 0.2) is 0 Å². The van der Waals surface area contributed by atoms with Crippen molar-refractivity contribution in [2.24, 2.45) is 0 Å². The molecule has 1 aromatic heterocycles. The molecule has 0 aliphatic heterocycles. The maximum absolute atomic E-state index is 11.7. The molecule has 0 aliphatic carbocycles. The van der Waals surface area contributed by atoms with Crippen LogP contribution in [-0.4, -0.2) is 5.91 Å². The highest BCUT2D eigenvalue weighted by Crippen LogP contribution is 2.14. The standard InChI is InChI=1S/C14H13BrN2OS/c1-10(11-4-6-12(15)7-5-11)16-17-14(18)9-13-3-2-8-19-13/h2-8,16H,1,9H2,(H,17,18). The summed E-state index contributed by atoms with van der Waals surface area (Å²) in [6, 6.07) is 11.6. The molecule has 0 spiro atoms. The zero-order valence-corrected chi connectivity index (χ0v) is 12.6. The van der Waals surface area contributed by atoms with Crippen LogP contribution in [0.3, 0.4) is 0 Å². The molecule has 0 aliphatic rings. The fourth-order valence-electron chi connectivity index (χ4n) is 1.48. The quantitative estimate of drug-likeness (QED) is 0.822. The minimum absolute atomic E-state index is 0.0827. The number of carbonyl (C=O) groups excluding carboxylic acids is 1. The fourth-order valence-corrected chi connectivity index (χ4v) is 2.45. The Balaban J connectivity index is 1.83. The molecule has 0 fully saturated rings. The molecule has 2 N–H and O–H groups in total. The van der Waals surface area contributed by atoms with Gasteiger partial charge in [0.25, 0.3) is 0 Å². The molecule has 1 aromatic carbocycles. The highest BCUT2D eigenvalue weighted by atomic mass is 79.9. The Bertz CT molecular complexity index is 564. The van der Waals surface area contributed by atoms with E-state index in [0.29, 0.717) is 12.1 Å². The van der Waals surface area contributed by atoms with Gasteiger partial charge in [-0.15, -0.1) is 11.3 Å². The molecule has 5 heteroatoms. The highest BCUT2D eigenvalue weighted by molar-refractivity contribution is 9.10. The molecule has 3 nitrogen and oxygen atoms in total. The lowest BCUT2D eigenvalue weighted by Gasteiger charge is -2.11. The van der Waals surface area contributed by atoms with Crippen LogP contribution in [0, 0.1) is 0 Å². The molecule has 1 amide bonds. The molecule has 0 atom stereocenters. The van der Waals surface area contributed by atoms with E-state index in [4.69, 9.17) is 0 Å². The van der Waals surface area contributed by atoms with Crippen LogP contribution in [0.25, 0.3) is 5.70 Å². The first-order chi connectivity index (χ1) is 9.15. The summed E-state index contributed by atoms with van der Waals surface area (Å²) in [6.45, 7) is 3.89. The summed E-state index contributed by atoms with van der Waals surface area (Å²) in [5.74, 6) is -0.0827.